The Labute approximate surface area is 254 Å². The van der Waals surface area contributed by atoms with Crippen LogP contribution >= 0.6 is 0 Å². The molecule has 2 aromatic heterocycles. The number of alkyl halides is 3. The third-order valence-corrected chi connectivity index (χ3v) is 7.65. The highest BCUT2D eigenvalue weighted by molar-refractivity contribution is 7.88. The van der Waals surface area contributed by atoms with Gasteiger partial charge in [0.15, 0.2) is 0 Å². The van der Waals surface area contributed by atoms with E-state index in [0.717, 1.165) is 13.8 Å². The van der Waals surface area contributed by atoms with Crippen LogP contribution in [0.2, 0.25) is 0 Å². The van der Waals surface area contributed by atoms with Crippen molar-refractivity contribution in [3.8, 4) is 17.1 Å². The van der Waals surface area contributed by atoms with Gasteiger partial charge >= 0.3 is 21.3 Å². The molecule has 6 N–H and O–H groups in total. The first kappa shape index (κ1) is 34.3. The van der Waals surface area contributed by atoms with Crippen LogP contribution in [0.5, 0.6) is 5.75 Å². The van der Waals surface area contributed by atoms with Crippen molar-refractivity contribution in [2.45, 2.75) is 26.3 Å². The average Bonchev–Trinajstić information content (AvgIpc) is 2.97. The number of halogens is 3. The van der Waals surface area contributed by atoms with E-state index in [-0.39, 0.29) is 35.9 Å². The molecule has 17 heteroatoms. The molecule has 4 rings (SSSR count). The van der Waals surface area contributed by atoms with Gasteiger partial charge in [-0.2, -0.15) is 21.6 Å². The normalized spacial score (nSPS) is 11.4. The molecule has 0 unspecified atom stereocenters. The second kappa shape index (κ2) is 13.2. The van der Waals surface area contributed by atoms with Gasteiger partial charge in [0, 0.05) is 35.8 Å². The Hall–Kier alpha value is -5.16. The van der Waals surface area contributed by atoms with Crippen molar-refractivity contribution in [2.75, 3.05) is 13.1 Å². The predicted molar refractivity (Wildman–Crippen MR) is 159 cm³/mol. The van der Waals surface area contributed by atoms with E-state index in [1.54, 1.807) is 54.7 Å². The molecule has 4 aromatic rings. The molecule has 2 heterocycles. The molecular weight excluding hydrogens is 621 g/mol. The molecule has 0 aliphatic carbocycles. The standard InChI is InChI=1S/C28H24F3N5O7S.H3N/c1-15-16(2)25(43-44(41,42)28(29,30)31)24(36(39)40)17(3)23(15)27(38)34-13-12-33-26(37)19-14-22(21-10-6-7-11-32-21)35-20-9-5-4-8-18(19)20;/h4-11,14H,12-13H2,1-3H3,(H,33,37)(H,34,38);1H3/p+1. The molecule has 0 atom stereocenters. The summed E-state index contributed by atoms with van der Waals surface area (Å²) in [7, 11) is -6.23. The number of pyridine rings is 2. The zero-order chi connectivity index (χ0) is 32.4. The number of carbonyl (C=O) groups excluding carboxylic acids is 2. The van der Waals surface area contributed by atoms with Gasteiger partial charge in [-0.1, -0.05) is 24.3 Å². The van der Waals surface area contributed by atoms with Crippen LogP contribution in [0.25, 0.3) is 22.3 Å². The first-order valence-electron chi connectivity index (χ1n) is 12.8. The van der Waals surface area contributed by atoms with Crippen molar-refractivity contribution in [1.82, 2.24) is 26.8 Å². The second-order valence-electron chi connectivity index (χ2n) is 9.47. The molecule has 0 aliphatic rings. The Morgan fingerprint density at radius 2 is 1.56 bits per heavy atom. The van der Waals surface area contributed by atoms with Gasteiger partial charge in [-0.05, 0) is 50.6 Å². The molecule has 13 nitrogen and oxygen atoms in total. The quantitative estimate of drug-likeness (QED) is 0.0740. The summed E-state index contributed by atoms with van der Waals surface area (Å²) in [5, 5.41) is 17.5. The van der Waals surface area contributed by atoms with Gasteiger partial charge in [0.1, 0.15) is 0 Å². The maximum atomic E-state index is 13.2. The molecule has 2 amide bonds. The van der Waals surface area contributed by atoms with Crippen LogP contribution < -0.4 is 21.0 Å². The van der Waals surface area contributed by atoms with E-state index in [1.165, 1.54) is 6.92 Å². The van der Waals surface area contributed by atoms with Crippen molar-refractivity contribution in [3.05, 3.63) is 92.7 Å². The summed E-state index contributed by atoms with van der Waals surface area (Å²) in [5.74, 6) is -2.44. The molecule has 0 aliphatic heterocycles. The van der Waals surface area contributed by atoms with Gasteiger partial charge < -0.3 is 21.0 Å². The number of quaternary nitrogens is 1. The third-order valence-electron chi connectivity index (χ3n) is 6.69. The van der Waals surface area contributed by atoms with E-state index in [1.807, 2.05) is 0 Å². The Balaban J connectivity index is 0.00000552. The Morgan fingerprint density at radius 3 is 2.16 bits per heavy atom. The van der Waals surface area contributed by atoms with Gasteiger partial charge in [-0.3, -0.25) is 24.7 Å². The molecule has 0 bridgehead atoms. The molecule has 0 saturated carbocycles. The lowest BCUT2D eigenvalue weighted by Gasteiger charge is -2.18. The summed E-state index contributed by atoms with van der Waals surface area (Å²) in [6.45, 7) is 3.27. The van der Waals surface area contributed by atoms with Crippen molar-refractivity contribution in [3.63, 3.8) is 0 Å². The van der Waals surface area contributed by atoms with E-state index >= 15 is 0 Å². The average molecular weight is 650 g/mol. The number of carbonyl (C=O) groups is 2. The van der Waals surface area contributed by atoms with E-state index in [0.29, 0.717) is 27.9 Å². The van der Waals surface area contributed by atoms with Gasteiger partial charge in [-0.25, -0.2) is 4.98 Å². The highest BCUT2D eigenvalue weighted by Gasteiger charge is 2.50. The number of aromatic nitrogens is 2. The van der Waals surface area contributed by atoms with Crippen LogP contribution in [0.15, 0.2) is 54.7 Å². The summed E-state index contributed by atoms with van der Waals surface area (Å²) in [6, 6.07) is 13.9. The number of hydrogen-bond donors (Lipinski definition) is 3. The van der Waals surface area contributed by atoms with Crippen LogP contribution in [-0.4, -0.2) is 53.7 Å². The number of benzene rings is 2. The van der Waals surface area contributed by atoms with Crippen molar-refractivity contribution in [1.29, 1.82) is 0 Å². The van der Waals surface area contributed by atoms with Crippen molar-refractivity contribution < 1.29 is 40.3 Å². The summed E-state index contributed by atoms with van der Waals surface area (Å²) < 4.78 is 66.1. The number of nitro benzene ring substituents is 1. The first-order valence-corrected chi connectivity index (χ1v) is 14.2. The van der Waals surface area contributed by atoms with E-state index in [9.17, 15) is 41.3 Å². The fourth-order valence-corrected chi connectivity index (χ4v) is 4.99. The SMILES string of the molecule is Cc1c(C)c(C(=O)NCCNC(=O)c2cc(-c3ccccn3)nc3ccccc23)c(C)c([N+](=O)[O-])c1OS(=O)(=O)C(F)(F)F.[NH4+]. The lowest BCUT2D eigenvalue weighted by atomic mass is 9.95. The number of nitrogens with one attached hydrogen (secondary N) is 2. The number of nitro groups is 1. The van der Waals surface area contributed by atoms with Crippen LogP contribution in [-0.2, 0) is 10.1 Å². The molecule has 0 saturated heterocycles. The smallest absolute Gasteiger partial charge is 0.369 e. The maximum absolute atomic E-state index is 13.2. The zero-order valence-corrected chi connectivity index (χ0v) is 25.2. The minimum atomic E-state index is -6.23. The molecule has 238 valence electrons. The highest BCUT2D eigenvalue weighted by Crippen LogP contribution is 2.41. The second-order valence-corrected chi connectivity index (χ2v) is 11.0. The van der Waals surface area contributed by atoms with Crippen molar-refractivity contribution in [2.24, 2.45) is 0 Å². The highest BCUT2D eigenvalue weighted by atomic mass is 32.2. The topological polar surface area (TPSA) is 207 Å². The number of rotatable bonds is 9. The van der Waals surface area contributed by atoms with Gasteiger partial charge in [-0.15, -0.1) is 0 Å². The molecular formula is C28H28F3N6O7S+. The Bertz CT molecular complexity index is 1900. The largest absolute Gasteiger partial charge is 0.534 e. The zero-order valence-electron chi connectivity index (χ0n) is 24.4. The fourth-order valence-electron chi connectivity index (χ4n) is 4.47. The number of fused-ring (bicyclic) bond motifs is 1. The van der Waals surface area contributed by atoms with Gasteiger partial charge in [0.25, 0.3) is 11.8 Å². The van der Waals surface area contributed by atoms with E-state index in [2.05, 4.69) is 24.8 Å². The number of nitrogens with zero attached hydrogens (tertiary/aromatic N) is 3. The fraction of sp³-hybridized carbons (Fsp3) is 0.214. The van der Waals surface area contributed by atoms with Crippen LogP contribution in [0.4, 0.5) is 18.9 Å². The Kier molecular flexibility index (Phi) is 10.1. The monoisotopic (exact) mass is 649 g/mol. The Morgan fingerprint density at radius 1 is 0.933 bits per heavy atom. The van der Waals surface area contributed by atoms with Gasteiger partial charge in [0.05, 0.1) is 33.0 Å². The molecule has 0 radical (unpaired) electrons. The summed E-state index contributed by atoms with van der Waals surface area (Å²) >= 11 is 0. The molecule has 0 spiro atoms. The number of hydrogen-bond acceptors (Lipinski definition) is 9. The summed E-state index contributed by atoms with van der Waals surface area (Å²) in [5.41, 5.74) is -6.07. The molecule has 2 aromatic carbocycles. The van der Waals surface area contributed by atoms with E-state index in [4.69, 9.17) is 0 Å². The van der Waals surface area contributed by atoms with Gasteiger partial charge in [0.2, 0.25) is 5.75 Å². The van der Waals surface area contributed by atoms with E-state index < -0.39 is 49.4 Å². The minimum absolute atomic E-state index is 0. The summed E-state index contributed by atoms with van der Waals surface area (Å²) in [4.78, 5) is 45.7. The van der Waals surface area contributed by atoms with Crippen LogP contribution in [0.3, 0.4) is 0 Å². The summed E-state index contributed by atoms with van der Waals surface area (Å²) in [6.07, 6.45) is 1.60. The number of amides is 2. The van der Waals surface area contributed by atoms with Crippen LogP contribution in [0, 0.1) is 30.9 Å². The van der Waals surface area contributed by atoms with Crippen LogP contribution in [0.1, 0.15) is 37.4 Å². The predicted octanol–water partition coefficient (Wildman–Crippen LogP) is 4.89. The maximum Gasteiger partial charge on any atom is 0.534 e. The minimum Gasteiger partial charge on any atom is -0.369 e. The molecule has 45 heavy (non-hydrogen) atoms. The lowest BCUT2D eigenvalue weighted by Crippen LogP contribution is -2.35. The molecule has 0 fully saturated rings. The lowest BCUT2D eigenvalue weighted by molar-refractivity contribution is -0.386. The first-order chi connectivity index (χ1) is 20.6. The number of para-hydroxylation sites is 1. The van der Waals surface area contributed by atoms with Crippen molar-refractivity contribution >= 4 is 38.5 Å². The third kappa shape index (κ3) is 6.99.